The Morgan fingerprint density at radius 3 is 2.67 bits per heavy atom. The molecule has 1 heterocycles. The lowest BCUT2D eigenvalue weighted by Crippen LogP contribution is -2.09. The van der Waals surface area contributed by atoms with Gasteiger partial charge >= 0.3 is 0 Å². The van der Waals surface area contributed by atoms with Crippen molar-refractivity contribution < 1.29 is 0 Å². The van der Waals surface area contributed by atoms with Gasteiger partial charge in [0.15, 0.2) is 0 Å². The van der Waals surface area contributed by atoms with E-state index < -0.39 is 0 Å². The second-order valence-corrected chi connectivity index (χ2v) is 5.74. The van der Waals surface area contributed by atoms with Gasteiger partial charge in [-0.1, -0.05) is 19.4 Å². The Bertz CT molecular complexity index is 543. The van der Waals surface area contributed by atoms with Gasteiger partial charge in [-0.3, -0.25) is 0 Å². The second-order valence-electron chi connectivity index (χ2n) is 5.09. The minimum absolute atomic E-state index is 0.0583. The highest BCUT2D eigenvalue weighted by atomic mass is 35.5. The molecular formula is C15H21ClN2. The Kier molecular flexibility index (Phi) is 3.96. The zero-order chi connectivity index (χ0) is 13.3. The van der Waals surface area contributed by atoms with Crippen molar-refractivity contribution in [1.29, 1.82) is 0 Å². The Balaban J connectivity index is 2.62. The van der Waals surface area contributed by atoms with E-state index in [1.807, 2.05) is 6.92 Å². The molecule has 0 saturated heterocycles. The van der Waals surface area contributed by atoms with Crippen molar-refractivity contribution >= 4 is 22.6 Å². The zero-order valence-corrected chi connectivity index (χ0v) is 12.3. The van der Waals surface area contributed by atoms with Crippen LogP contribution in [0.4, 0.5) is 0 Å². The molecule has 0 saturated carbocycles. The molecule has 1 aromatic carbocycles. The summed E-state index contributed by atoms with van der Waals surface area (Å²) in [5.41, 5.74) is 3.49. The number of alkyl halides is 1. The summed E-state index contributed by atoms with van der Waals surface area (Å²) < 4.78 is 2.30. The van der Waals surface area contributed by atoms with Crippen molar-refractivity contribution in [2.75, 3.05) is 0 Å². The molecule has 2 atom stereocenters. The molecule has 0 fully saturated rings. The van der Waals surface area contributed by atoms with E-state index in [-0.39, 0.29) is 5.38 Å². The van der Waals surface area contributed by atoms with Crippen LogP contribution in [-0.4, -0.2) is 9.55 Å². The fourth-order valence-electron chi connectivity index (χ4n) is 2.52. The van der Waals surface area contributed by atoms with Crippen molar-refractivity contribution in [3.05, 3.63) is 29.6 Å². The van der Waals surface area contributed by atoms with Crippen LogP contribution in [0, 0.1) is 6.92 Å². The molecule has 0 aliphatic carbocycles. The minimum atomic E-state index is -0.0583. The van der Waals surface area contributed by atoms with Crippen LogP contribution < -0.4 is 0 Å². The van der Waals surface area contributed by atoms with Crippen LogP contribution in [0.25, 0.3) is 11.0 Å². The van der Waals surface area contributed by atoms with Crippen LogP contribution in [0.15, 0.2) is 18.2 Å². The lowest BCUT2D eigenvalue weighted by atomic mass is 10.1. The number of imidazole rings is 1. The minimum Gasteiger partial charge on any atom is -0.324 e. The maximum atomic E-state index is 6.28. The van der Waals surface area contributed by atoms with E-state index in [9.17, 15) is 0 Å². The third-order valence-electron chi connectivity index (χ3n) is 3.38. The molecule has 1 aromatic heterocycles. The molecule has 18 heavy (non-hydrogen) atoms. The van der Waals surface area contributed by atoms with E-state index in [1.54, 1.807) is 0 Å². The van der Waals surface area contributed by atoms with Crippen LogP contribution in [-0.2, 0) is 0 Å². The first-order chi connectivity index (χ1) is 8.54. The maximum absolute atomic E-state index is 6.28. The fourth-order valence-corrected chi connectivity index (χ4v) is 2.67. The van der Waals surface area contributed by atoms with E-state index in [0.717, 1.165) is 17.8 Å². The molecule has 98 valence electrons. The molecule has 0 N–H and O–H groups in total. The molecule has 0 aliphatic rings. The van der Waals surface area contributed by atoms with Gasteiger partial charge in [-0.25, -0.2) is 4.98 Å². The van der Waals surface area contributed by atoms with Crippen molar-refractivity contribution in [1.82, 2.24) is 9.55 Å². The smallest absolute Gasteiger partial charge is 0.127 e. The molecular weight excluding hydrogens is 244 g/mol. The lowest BCUT2D eigenvalue weighted by molar-refractivity contribution is 0.494. The van der Waals surface area contributed by atoms with Gasteiger partial charge in [0.25, 0.3) is 0 Å². The van der Waals surface area contributed by atoms with Crippen LogP contribution in [0.5, 0.6) is 0 Å². The summed E-state index contributed by atoms with van der Waals surface area (Å²) in [6.07, 6.45) is 2.32. The Morgan fingerprint density at radius 2 is 2.06 bits per heavy atom. The van der Waals surface area contributed by atoms with E-state index >= 15 is 0 Å². The molecule has 2 rings (SSSR count). The molecule has 2 unspecified atom stereocenters. The van der Waals surface area contributed by atoms with Crippen molar-refractivity contribution in [3.63, 3.8) is 0 Å². The number of rotatable bonds is 4. The first-order valence-electron chi connectivity index (χ1n) is 6.67. The molecule has 0 spiro atoms. The van der Waals surface area contributed by atoms with Gasteiger partial charge in [0.05, 0.1) is 16.4 Å². The van der Waals surface area contributed by atoms with Crippen LogP contribution in [0.3, 0.4) is 0 Å². The molecule has 0 bridgehead atoms. The van der Waals surface area contributed by atoms with E-state index in [1.165, 1.54) is 17.5 Å². The molecule has 3 heteroatoms. The largest absolute Gasteiger partial charge is 0.324 e. The Hall–Kier alpha value is -1.02. The topological polar surface area (TPSA) is 17.8 Å². The number of nitrogens with zero attached hydrogens (tertiary/aromatic N) is 2. The van der Waals surface area contributed by atoms with E-state index in [4.69, 9.17) is 16.6 Å². The highest BCUT2D eigenvalue weighted by Crippen LogP contribution is 2.30. The average molecular weight is 265 g/mol. The van der Waals surface area contributed by atoms with Crippen molar-refractivity contribution in [2.24, 2.45) is 0 Å². The monoisotopic (exact) mass is 264 g/mol. The maximum Gasteiger partial charge on any atom is 0.127 e. The Morgan fingerprint density at radius 1 is 1.33 bits per heavy atom. The Labute approximate surface area is 114 Å². The first-order valence-corrected chi connectivity index (χ1v) is 7.10. The summed E-state index contributed by atoms with van der Waals surface area (Å²) in [4.78, 5) is 4.71. The van der Waals surface area contributed by atoms with Crippen molar-refractivity contribution in [3.8, 4) is 0 Å². The summed E-state index contributed by atoms with van der Waals surface area (Å²) in [5.74, 6) is 0.984. The second kappa shape index (κ2) is 5.31. The van der Waals surface area contributed by atoms with Crippen molar-refractivity contribution in [2.45, 2.75) is 52.0 Å². The van der Waals surface area contributed by atoms with Gasteiger partial charge in [0, 0.05) is 6.04 Å². The summed E-state index contributed by atoms with van der Waals surface area (Å²) >= 11 is 6.28. The summed E-state index contributed by atoms with van der Waals surface area (Å²) in [7, 11) is 0. The number of aromatic nitrogens is 2. The van der Waals surface area contributed by atoms with Crippen LogP contribution >= 0.6 is 11.6 Å². The van der Waals surface area contributed by atoms with Gasteiger partial charge < -0.3 is 4.57 Å². The van der Waals surface area contributed by atoms with E-state index in [0.29, 0.717) is 6.04 Å². The highest BCUT2D eigenvalue weighted by molar-refractivity contribution is 6.20. The number of hydrogen-bond donors (Lipinski definition) is 0. The normalized spacial score (nSPS) is 14.9. The van der Waals surface area contributed by atoms with Crippen LogP contribution in [0.1, 0.15) is 56.4 Å². The van der Waals surface area contributed by atoms with Gasteiger partial charge in [-0.05, 0) is 44.9 Å². The molecule has 2 nitrogen and oxygen atoms in total. The zero-order valence-electron chi connectivity index (χ0n) is 11.6. The quantitative estimate of drug-likeness (QED) is 0.710. The summed E-state index contributed by atoms with van der Waals surface area (Å²) in [5, 5.41) is -0.0583. The predicted octanol–water partition coefficient (Wildman–Crippen LogP) is 5.01. The number of aryl methyl sites for hydroxylation is 1. The van der Waals surface area contributed by atoms with Gasteiger partial charge in [0.2, 0.25) is 0 Å². The number of hydrogen-bond acceptors (Lipinski definition) is 1. The fraction of sp³-hybridized carbons (Fsp3) is 0.533. The molecule has 2 aromatic rings. The molecule has 0 amide bonds. The predicted molar refractivity (Wildman–Crippen MR) is 78.4 cm³/mol. The summed E-state index contributed by atoms with van der Waals surface area (Å²) in [6, 6.07) is 6.88. The molecule has 0 aliphatic heterocycles. The third-order valence-corrected chi connectivity index (χ3v) is 3.57. The van der Waals surface area contributed by atoms with Gasteiger partial charge in [-0.2, -0.15) is 0 Å². The SMILES string of the molecule is CCCC(C)n1c(C(C)Cl)nc2cc(C)ccc21. The van der Waals surface area contributed by atoms with E-state index in [2.05, 4.69) is 43.5 Å². The first kappa shape index (κ1) is 13.4. The number of halogens is 1. The standard InChI is InChI=1S/C15H21ClN2/c1-5-6-11(3)18-14-8-7-10(2)9-13(14)17-15(18)12(4)16/h7-9,11-12H,5-6H2,1-4H3. The van der Waals surface area contributed by atoms with Gasteiger partial charge in [-0.15, -0.1) is 11.6 Å². The third kappa shape index (κ3) is 2.39. The molecule has 0 radical (unpaired) electrons. The number of benzene rings is 1. The van der Waals surface area contributed by atoms with Gasteiger partial charge in [0.1, 0.15) is 5.82 Å². The lowest BCUT2D eigenvalue weighted by Gasteiger charge is -2.18. The summed E-state index contributed by atoms with van der Waals surface area (Å²) in [6.45, 7) is 8.54. The average Bonchev–Trinajstić information content (AvgIpc) is 2.67. The number of fused-ring (bicyclic) bond motifs is 1. The van der Waals surface area contributed by atoms with Crippen LogP contribution in [0.2, 0.25) is 0 Å². The highest BCUT2D eigenvalue weighted by Gasteiger charge is 2.18.